The zero-order valence-electron chi connectivity index (χ0n) is 8.24. The molecule has 2 bridgehead atoms. The summed E-state index contributed by atoms with van der Waals surface area (Å²) in [5.41, 5.74) is 0. The van der Waals surface area contributed by atoms with Crippen LogP contribution in [0.15, 0.2) is 12.2 Å². The molecule has 2 aliphatic rings. The number of rotatable bonds is 4. The molecule has 2 heteroatoms. The summed E-state index contributed by atoms with van der Waals surface area (Å²) >= 11 is 0. The van der Waals surface area contributed by atoms with Gasteiger partial charge in [-0.25, -0.2) is 0 Å². The van der Waals surface area contributed by atoms with Crippen molar-refractivity contribution < 1.29 is 5.11 Å². The van der Waals surface area contributed by atoms with Crippen molar-refractivity contribution in [3.63, 3.8) is 0 Å². The minimum atomic E-state index is 0.247. The monoisotopic (exact) mass is 181 g/mol. The van der Waals surface area contributed by atoms with Crippen LogP contribution in [0.4, 0.5) is 0 Å². The summed E-state index contributed by atoms with van der Waals surface area (Å²) in [6, 6.07) is 0.253. The molecule has 0 radical (unpaired) electrons. The lowest BCUT2D eigenvalue weighted by molar-refractivity contribution is 0.242. The molecule has 2 nitrogen and oxygen atoms in total. The van der Waals surface area contributed by atoms with E-state index in [9.17, 15) is 0 Å². The molecular formula is C11H19NO. The number of nitrogens with one attached hydrogen (secondary N) is 1. The van der Waals surface area contributed by atoms with Crippen molar-refractivity contribution in [2.45, 2.75) is 25.8 Å². The van der Waals surface area contributed by atoms with Crippen LogP contribution in [0.25, 0.3) is 0 Å². The molecule has 0 saturated heterocycles. The Bertz CT molecular complexity index is 202. The fourth-order valence-corrected chi connectivity index (χ4v) is 2.55. The van der Waals surface area contributed by atoms with Gasteiger partial charge in [0.1, 0.15) is 0 Å². The predicted octanol–water partition coefficient (Wildman–Crippen LogP) is 1.17. The van der Waals surface area contributed by atoms with Gasteiger partial charge < -0.3 is 10.4 Å². The van der Waals surface area contributed by atoms with Crippen LogP contribution in [0.2, 0.25) is 0 Å². The topological polar surface area (TPSA) is 32.3 Å². The zero-order valence-corrected chi connectivity index (χ0v) is 8.24. The third kappa shape index (κ3) is 1.94. The van der Waals surface area contributed by atoms with Crippen molar-refractivity contribution in [3.05, 3.63) is 12.2 Å². The summed E-state index contributed by atoms with van der Waals surface area (Å²) < 4.78 is 0. The minimum absolute atomic E-state index is 0.247. The highest BCUT2D eigenvalue weighted by Gasteiger charge is 2.35. The summed E-state index contributed by atoms with van der Waals surface area (Å²) in [6.07, 6.45) is 7.48. The van der Waals surface area contributed by atoms with E-state index in [1.54, 1.807) is 0 Å². The van der Waals surface area contributed by atoms with Crippen LogP contribution in [0.3, 0.4) is 0 Å². The van der Waals surface area contributed by atoms with E-state index in [1.165, 1.54) is 12.8 Å². The molecule has 0 spiro atoms. The van der Waals surface area contributed by atoms with Gasteiger partial charge in [0.15, 0.2) is 0 Å². The van der Waals surface area contributed by atoms with Crippen LogP contribution in [-0.4, -0.2) is 24.3 Å². The molecule has 2 aliphatic carbocycles. The zero-order chi connectivity index (χ0) is 9.26. The van der Waals surface area contributed by atoms with Crippen LogP contribution in [0.5, 0.6) is 0 Å². The number of fused-ring (bicyclic) bond motifs is 2. The Kier molecular flexibility index (Phi) is 2.70. The van der Waals surface area contributed by atoms with E-state index in [4.69, 9.17) is 5.11 Å². The lowest BCUT2D eigenvalue weighted by Gasteiger charge is -2.20. The summed E-state index contributed by atoms with van der Waals surface area (Å²) in [6.45, 7) is 3.35. The molecule has 2 rings (SSSR count). The van der Waals surface area contributed by atoms with E-state index in [1.807, 2.05) is 6.92 Å². The summed E-state index contributed by atoms with van der Waals surface area (Å²) in [5, 5.41) is 12.2. The maximum absolute atomic E-state index is 8.86. The van der Waals surface area contributed by atoms with E-state index in [0.29, 0.717) is 0 Å². The summed E-state index contributed by atoms with van der Waals surface area (Å²) in [4.78, 5) is 0. The Hall–Kier alpha value is -0.340. The van der Waals surface area contributed by atoms with Gasteiger partial charge in [0.05, 0.1) is 6.61 Å². The molecule has 1 saturated carbocycles. The van der Waals surface area contributed by atoms with Gasteiger partial charge in [0.25, 0.3) is 0 Å². The average molecular weight is 181 g/mol. The Labute approximate surface area is 80.0 Å². The van der Waals surface area contributed by atoms with Crippen molar-refractivity contribution in [2.75, 3.05) is 13.2 Å². The maximum Gasteiger partial charge on any atom is 0.0581 e. The third-order valence-electron chi connectivity index (χ3n) is 3.42. The largest absolute Gasteiger partial charge is 0.395 e. The summed E-state index contributed by atoms with van der Waals surface area (Å²) in [7, 11) is 0. The molecule has 13 heavy (non-hydrogen) atoms. The second-order valence-corrected chi connectivity index (χ2v) is 4.53. The van der Waals surface area contributed by atoms with Gasteiger partial charge in [-0.2, -0.15) is 0 Å². The van der Waals surface area contributed by atoms with Gasteiger partial charge in [-0.15, -0.1) is 0 Å². The van der Waals surface area contributed by atoms with Crippen LogP contribution in [-0.2, 0) is 0 Å². The van der Waals surface area contributed by atoms with Crippen molar-refractivity contribution in [1.29, 1.82) is 0 Å². The SMILES string of the molecule is CC(CO)NCC1CC2C=CC1C2. The third-order valence-corrected chi connectivity index (χ3v) is 3.42. The Morgan fingerprint density at radius 1 is 1.46 bits per heavy atom. The normalized spacial score (nSPS) is 38.5. The molecule has 2 N–H and O–H groups in total. The first-order valence-corrected chi connectivity index (χ1v) is 5.32. The molecule has 0 amide bonds. The molecular weight excluding hydrogens is 162 g/mol. The number of hydrogen-bond donors (Lipinski definition) is 2. The van der Waals surface area contributed by atoms with E-state index in [-0.39, 0.29) is 12.6 Å². The van der Waals surface area contributed by atoms with Crippen LogP contribution in [0, 0.1) is 17.8 Å². The molecule has 0 aromatic heterocycles. The van der Waals surface area contributed by atoms with Crippen molar-refractivity contribution in [2.24, 2.45) is 17.8 Å². The highest BCUT2D eigenvalue weighted by Crippen LogP contribution is 2.42. The van der Waals surface area contributed by atoms with E-state index in [0.717, 1.165) is 24.3 Å². The molecule has 74 valence electrons. The number of aliphatic hydroxyl groups excluding tert-OH is 1. The number of aliphatic hydroxyl groups is 1. The first kappa shape index (κ1) is 9.22. The quantitative estimate of drug-likeness (QED) is 0.638. The van der Waals surface area contributed by atoms with Gasteiger partial charge >= 0.3 is 0 Å². The first-order chi connectivity index (χ1) is 6.29. The van der Waals surface area contributed by atoms with Crippen LogP contribution in [0.1, 0.15) is 19.8 Å². The van der Waals surface area contributed by atoms with Crippen LogP contribution < -0.4 is 5.32 Å². The van der Waals surface area contributed by atoms with Crippen LogP contribution >= 0.6 is 0 Å². The fourth-order valence-electron chi connectivity index (χ4n) is 2.55. The van der Waals surface area contributed by atoms with E-state index in [2.05, 4.69) is 17.5 Å². The Morgan fingerprint density at radius 3 is 2.85 bits per heavy atom. The second-order valence-electron chi connectivity index (χ2n) is 4.53. The highest BCUT2D eigenvalue weighted by atomic mass is 16.3. The molecule has 0 heterocycles. The van der Waals surface area contributed by atoms with Crippen molar-refractivity contribution in [1.82, 2.24) is 5.32 Å². The smallest absolute Gasteiger partial charge is 0.0581 e. The van der Waals surface area contributed by atoms with E-state index < -0.39 is 0 Å². The van der Waals surface area contributed by atoms with Gasteiger partial charge in [-0.3, -0.25) is 0 Å². The Balaban J connectivity index is 1.75. The number of allylic oxidation sites excluding steroid dienone is 2. The number of hydrogen-bond acceptors (Lipinski definition) is 2. The Morgan fingerprint density at radius 2 is 2.31 bits per heavy atom. The molecule has 0 aromatic carbocycles. The van der Waals surface area contributed by atoms with Crippen molar-refractivity contribution in [3.8, 4) is 0 Å². The molecule has 4 atom stereocenters. The summed E-state index contributed by atoms with van der Waals surface area (Å²) in [5.74, 6) is 2.51. The lowest BCUT2D eigenvalue weighted by atomic mass is 9.93. The maximum atomic E-state index is 8.86. The molecule has 0 aliphatic heterocycles. The first-order valence-electron chi connectivity index (χ1n) is 5.32. The molecule has 0 aromatic rings. The standard InChI is InChI=1S/C11H19NO/c1-8(7-13)12-6-11-5-9-2-3-10(11)4-9/h2-3,8-13H,4-7H2,1H3. The molecule has 1 fully saturated rings. The van der Waals surface area contributed by atoms with E-state index >= 15 is 0 Å². The van der Waals surface area contributed by atoms with Gasteiger partial charge in [-0.05, 0) is 44.1 Å². The average Bonchev–Trinajstić information content (AvgIpc) is 2.74. The van der Waals surface area contributed by atoms with Crippen molar-refractivity contribution >= 4 is 0 Å². The second kappa shape index (κ2) is 3.81. The molecule has 4 unspecified atom stereocenters. The van der Waals surface area contributed by atoms with Gasteiger partial charge in [-0.1, -0.05) is 12.2 Å². The van der Waals surface area contributed by atoms with Gasteiger partial charge in [0, 0.05) is 6.04 Å². The fraction of sp³-hybridized carbons (Fsp3) is 0.818. The van der Waals surface area contributed by atoms with Gasteiger partial charge in [0.2, 0.25) is 0 Å². The minimum Gasteiger partial charge on any atom is -0.395 e. The lowest BCUT2D eigenvalue weighted by Crippen LogP contribution is -2.34. The predicted molar refractivity (Wildman–Crippen MR) is 53.4 cm³/mol. The highest BCUT2D eigenvalue weighted by molar-refractivity contribution is 5.10.